The molecule has 4 nitrogen and oxygen atoms in total. The molecule has 0 aromatic rings. The van der Waals surface area contributed by atoms with Crippen LogP contribution < -0.4 is 22.3 Å². The fourth-order valence-electron chi connectivity index (χ4n) is 0.754. The molecule has 0 saturated carbocycles. The normalized spacial score (nSPS) is 7.29. The van der Waals surface area contributed by atoms with Crippen LogP contribution in [0.3, 0.4) is 0 Å². The molecule has 0 bridgehead atoms. The third-order valence-electron chi connectivity index (χ3n) is 1.32. The first-order chi connectivity index (χ1) is 4.91. The molecule has 0 aliphatic heterocycles. The lowest BCUT2D eigenvalue weighted by Crippen LogP contribution is -2.47. The lowest BCUT2D eigenvalue weighted by molar-refractivity contribution is 0.433. The van der Waals surface area contributed by atoms with Gasteiger partial charge in [0, 0.05) is 6.54 Å². The highest BCUT2D eigenvalue weighted by Gasteiger charge is 1.85. The van der Waals surface area contributed by atoms with Crippen molar-refractivity contribution < 1.29 is 0 Å². The maximum Gasteiger partial charge on any atom is 0.0113 e. The second-order valence-corrected chi connectivity index (χ2v) is 2.26. The summed E-state index contributed by atoms with van der Waals surface area (Å²) in [6.45, 7) is 3.16. The first kappa shape index (κ1) is 29.4. The van der Waals surface area contributed by atoms with Gasteiger partial charge < -0.3 is 0 Å². The Kier molecular flexibility index (Phi) is 61.3. The van der Waals surface area contributed by atoms with Crippen molar-refractivity contribution >= 4 is 49.6 Å². The van der Waals surface area contributed by atoms with Gasteiger partial charge in [0.15, 0.2) is 0 Å². The van der Waals surface area contributed by atoms with E-state index < -0.39 is 0 Å². The second kappa shape index (κ2) is 29.2. The summed E-state index contributed by atoms with van der Waals surface area (Å²) in [7, 11) is 0. The Morgan fingerprint density at radius 2 is 1.50 bits per heavy atom. The van der Waals surface area contributed by atoms with Crippen LogP contribution in [0.5, 0.6) is 0 Å². The van der Waals surface area contributed by atoms with E-state index in [4.69, 9.17) is 5.84 Å². The smallest absolute Gasteiger partial charge is 0.0113 e. The van der Waals surface area contributed by atoms with Crippen LogP contribution in [0.2, 0.25) is 0 Å². The van der Waals surface area contributed by atoms with Gasteiger partial charge in [-0.05, 0) is 6.42 Å². The molecule has 0 fully saturated rings. The summed E-state index contributed by atoms with van der Waals surface area (Å²) in [5.41, 5.74) is 7.81. The molecule has 0 aromatic carbocycles. The fourth-order valence-corrected chi connectivity index (χ4v) is 0.754. The van der Waals surface area contributed by atoms with E-state index in [0.717, 1.165) is 6.54 Å². The number of hydrogen-bond donors (Lipinski definition) is 4. The number of nitrogens with one attached hydrogen (secondary N) is 3. The van der Waals surface area contributed by atoms with Crippen LogP contribution in [0.25, 0.3) is 0 Å². The van der Waals surface area contributed by atoms with Crippen molar-refractivity contribution in [1.29, 1.82) is 0 Å². The van der Waals surface area contributed by atoms with Crippen molar-refractivity contribution in [3.05, 3.63) is 0 Å². The predicted molar refractivity (Wildman–Crippen MR) is 71.6 cm³/mol. The van der Waals surface area contributed by atoms with E-state index in [1.54, 1.807) is 0 Å². The topological polar surface area (TPSA) is 62.1 Å². The standard InChI is InChI=1S/C6H18N4.4ClH/c1-2-3-4-5-6-8-10-9-7;;;;/h8-10H,2-7H2,1H3;4*1H. The van der Waals surface area contributed by atoms with Gasteiger partial charge in [0.25, 0.3) is 0 Å². The molecule has 0 saturated heterocycles. The van der Waals surface area contributed by atoms with Crippen LogP contribution in [-0.4, -0.2) is 6.54 Å². The molecule has 0 atom stereocenters. The molecular formula is C6H22Cl4N4. The van der Waals surface area contributed by atoms with Gasteiger partial charge >= 0.3 is 0 Å². The van der Waals surface area contributed by atoms with Gasteiger partial charge in [0.2, 0.25) is 0 Å². The van der Waals surface area contributed by atoms with Gasteiger partial charge in [-0.2, -0.15) is 11.1 Å². The van der Waals surface area contributed by atoms with Crippen LogP contribution in [0.4, 0.5) is 0 Å². The third kappa shape index (κ3) is 29.2. The van der Waals surface area contributed by atoms with Gasteiger partial charge in [-0.15, -0.1) is 49.6 Å². The van der Waals surface area contributed by atoms with Crippen LogP contribution in [-0.2, 0) is 0 Å². The second-order valence-electron chi connectivity index (χ2n) is 2.26. The van der Waals surface area contributed by atoms with Gasteiger partial charge in [0.05, 0.1) is 0 Å². The monoisotopic (exact) mass is 290 g/mol. The van der Waals surface area contributed by atoms with Crippen molar-refractivity contribution in [2.45, 2.75) is 32.6 Å². The Morgan fingerprint density at radius 1 is 0.929 bits per heavy atom. The van der Waals surface area contributed by atoms with Crippen LogP contribution in [0, 0.1) is 0 Å². The molecule has 5 N–H and O–H groups in total. The molecule has 0 spiro atoms. The van der Waals surface area contributed by atoms with Crippen molar-refractivity contribution in [1.82, 2.24) is 16.5 Å². The molecular weight excluding hydrogens is 270 g/mol. The number of rotatable bonds is 7. The molecule has 94 valence electrons. The minimum atomic E-state index is 0. The van der Waals surface area contributed by atoms with E-state index in [2.05, 4.69) is 23.4 Å². The van der Waals surface area contributed by atoms with Gasteiger partial charge in [0.1, 0.15) is 0 Å². The molecule has 0 amide bonds. The summed E-state index contributed by atoms with van der Waals surface area (Å²) in [5.74, 6) is 4.95. The van der Waals surface area contributed by atoms with E-state index in [-0.39, 0.29) is 49.6 Å². The highest BCUT2D eigenvalue weighted by Crippen LogP contribution is 1.96. The molecule has 0 heterocycles. The zero-order valence-corrected chi connectivity index (χ0v) is 11.5. The Bertz CT molecular complexity index is 61.8. The molecule has 0 radical (unpaired) electrons. The lowest BCUT2D eigenvalue weighted by Gasteiger charge is -2.03. The fraction of sp³-hybridized carbons (Fsp3) is 1.00. The summed E-state index contributed by atoms with van der Waals surface area (Å²) >= 11 is 0. The van der Waals surface area contributed by atoms with Gasteiger partial charge in [-0.3, -0.25) is 5.84 Å². The number of unbranched alkanes of at least 4 members (excludes halogenated alkanes) is 3. The zero-order valence-electron chi connectivity index (χ0n) is 8.25. The van der Waals surface area contributed by atoms with E-state index in [1.165, 1.54) is 25.7 Å². The molecule has 0 aromatic heterocycles. The van der Waals surface area contributed by atoms with Crippen molar-refractivity contribution in [2.24, 2.45) is 5.84 Å². The predicted octanol–water partition coefficient (Wildman–Crippen LogP) is 1.73. The van der Waals surface area contributed by atoms with Crippen molar-refractivity contribution in [3.8, 4) is 0 Å². The first-order valence-electron chi connectivity index (χ1n) is 3.85. The van der Waals surface area contributed by atoms with E-state index in [9.17, 15) is 0 Å². The third-order valence-corrected chi connectivity index (χ3v) is 1.32. The minimum absolute atomic E-state index is 0. The number of hydrazine groups is 3. The van der Waals surface area contributed by atoms with E-state index in [1.807, 2.05) is 0 Å². The number of hydrogen-bond acceptors (Lipinski definition) is 4. The zero-order chi connectivity index (χ0) is 7.66. The quantitative estimate of drug-likeness (QED) is 0.328. The summed E-state index contributed by atoms with van der Waals surface area (Å²) in [6.07, 6.45) is 5.08. The van der Waals surface area contributed by atoms with Crippen LogP contribution in [0.1, 0.15) is 32.6 Å². The molecule has 0 aliphatic rings. The molecule has 14 heavy (non-hydrogen) atoms. The Labute approximate surface area is 111 Å². The summed E-state index contributed by atoms with van der Waals surface area (Å²) in [6, 6.07) is 0. The highest BCUT2D eigenvalue weighted by atomic mass is 35.5. The molecule has 0 rings (SSSR count). The van der Waals surface area contributed by atoms with E-state index in [0.29, 0.717) is 0 Å². The SMILES string of the molecule is CCCCCCNNNN.Cl.Cl.Cl.Cl. The van der Waals surface area contributed by atoms with Gasteiger partial charge in [-0.25, -0.2) is 5.43 Å². The molecule has 0 aliphatic carbocycles. The highest BCUT2D eigenvalue weighted by molar-refractivity contribution is 5.86. The molecule has 8 heteroatoms. The van der Waals surface area contributed by atoms with Crippen molar-refractivity contribution in [2.75, 3.05) is 6.54 Å². The largest absolute Gasteiger partial charge is 0.257 e. The minimum Gasteiger partial charge on any atom is -0.257 e. The van der Waals surface area contributed by atoms with Crippen molar-refractivity contribution in [3.63, 3.8) is 0 Å². The Morgan fingerprint density at radius 3 is 1.93 bits per heavy atom. The van der Waals surface area contributed by atoms with Gasteiger partial charge in [-0.1, -0.05) is 26.2 Å². The average Bonchev–Trinajstić information content (AvgIpc) is 1.97. The Hall–Kier alpha value is 1.00. The summed E-state index contributed by atoms with van der Waals surface area (Å²) in [5, 5.41) is 0. The Balaban J connectivity index is -0.0000000675. The number of nitrogens with two attached hydrogens (primary N) is 1. The van der Waals surface area contributed by atoms with Crippen LogP contribution >= 0.6 is 49.6 Å². The summed E-state index contributed by atoms with van der Waals surface area (Å²) in [4.78, 5) is 0. The maximum absolute atomic E-state index is 4.95. The average molecular weight is 292 g/mol. The number of halogens is 4. The van der Waals surface area contributed by atoms with E-state index >= 15 is 0 Å². The lowest BCUT2D eigenvalue weighted by atomic mass is 10.2. The first-order valence-corrected chi connectivity index (χ1v) is 3.85. The van der Waals surface area contributed by atoms with Crippen LogP contribution in [0.15, 0.2) is 0 Å². The maximum atomic E-state index is 4.95. The molecule has 0 unspecified atom stereocenters. The summed E-state index contributed by atoms with van der Waals surface area (Å²) < 4.78 is 0.